The second-order valence-corrected chi connectivity index (χ2v) is 10.8. The van der Waals surface area contributed by atoms with Crippen LogP contribution >= 0.6 is 0 Å². The van der Waals surface area contributed by atoms with Gasteiger partial charge < -0.3 is 19.7 Å². The maximum Gasteiger partial charge on any atom is 0.248 e. The van der Waals surface area contributed by atoms with Crippen molar-refractivity contribution in [2.75, 3.05) is 39.3 Å². The van der Waals surface area contributed by atoms with Crippen molar-refractivity contribution in [1.29, 1.82) is 0 Å². The van der Waals surface area contributed by atoms with Gasteiger partial charge in [0.25, 0.3) is 0 Å². The molecule has 218 valence electrons. The highest BCUT2D eigenvalue weighted by Crippen LogP contribution is 2.34. The molecule has 0 aromatic heterocycles. The SMILES string of the molecule is CC1CCCCC1.COc1ccc(CC2(C(=O)NCCCN(C)c3ccccc3)CC=NN2C(C)=O)cc1OC. The van der Waals surface area contributed by atoms with Crippen LogP contribution in [0.25, 0.3) is 0 Å². The van der Waals surface area contributed by atoms with E-state index in [0.29, 0.717) is 30.9 Å². The Morgan fingerprint density at radius 2 is 1.75 bits per heavy atom. The second kappa shape index (κ2) is 15.3. The predicted octanol–water partition coefficient (Wildman–Crippen LogP) is 5.45. The Kier molecular flexibility index (Phi) is 11.8. The Balaban J connectivity index is 0.000000547. The van der Waals surface area contributed by atoms with E-state index in [1.54, 1.807) is 26.5 Å². The molecule has 1 N–H and O–H groups in total. The van der Waals surface area contributed by atoms with E-state index in [9.17, 15) is 9.59 Å². The van der Waals surface area contributed by atoms with Crippen molar-refractivity contribution in [3.05, 3.63) is 54.1 Å². The highest BCUT2D eigenvalue weighted by atomic mass is 16.5. The summed E-state index contributed by atoms with van der Waals surface area (Å²) in [5, 5.41) is 8.55. The first-order valence-corrected chi connectivity index (χ1v) is 14.4. The molecule has 1 aliphatic carbocycles. The summed E-state index contributed by atoms with van der Waals surface area (Å²) < 4.78 is 10.7. The van der Waals surface area contributed by atoms with Gasteiger partial charge in [-0.15, -0.1) is 0 Å². The molecule has 2 amide bonds. The molecule has 1 heterocycles. The summed E-state index contributed by atoms with van der Waals surface area (Å²) in [4.78, 5) is 27.9. The van der Waals surface area contributed by atoms with Crippen LogP contribution < -0.4 is 19.7 Å². The average molecular weight is 551 g/mol. The van der Waals surface area contributed by atoms with E-state index < -0.39 is 5.54 Å². The van der Waals surface area contributed by atoms with E-state index >= 15 is 0 Å². The predicted molar refractivity (Wildman–Crippen MR) is 161 cm³/mol. The summed E-state index contributed by atoms with van der Waals surface area (Å²) in [6.07, 6.45) is 10.5. The van der Waals surface area contributed by atoms with Gasteiger partial charge in [-0.25, -0.2) is 5.01 Å². The minimum atomic E-state index is -1.11. The lowest BCUT2D eigenvalue weighted by Gasteiger charge is -2.34. The number of nitrogens with zero attached hydrogens (tertiary/aromatic N) is 3. The molecule has 8 heteroatoms. The zero-order valence-corrected chi connectivity index (χ0v) is 24.8. The largest absolute Gasteiger partial charge is 0.493 e. The first-order valence-electron chi connectivity index (χ1n) is 14.4. The number of hydrogen-bond donors (Lipinski definition) is 1. The van der Waals surface area contributed by atoms with Gasteiger partial charge in [-0.2, -0.15) is 5.10 Å². The topological polar surface area (TPSA) is 83.5 Å². The molecule has 0 bridgehead atoms. The molecule has 0 radical (unpaired) electrons. The van der Waals surface area contributed by atoms with E-state index in [0.717, 1.165) is 30.1 Å². The highest BCUT2D eigenvalue weighted by Gasteiger charge is 2.48. The average Bonchev–Trinajstić information content (AvgIpc) is 3.41. The first kappa shape index (κ1) is 31.0. The van der Waals surface area contributed by atoms with Gasteiger partial charge in [-0.1, -0.05) is 63.3 Å². The normalized spacial score (nSPS) is 18.5. The molecule has 1 unspecified atom stereocenters. The number of nitrogens with one attached hydrogen (secondary N) is 1. The Hall–Kier alpha value is -3.55. The van der Waals surface area contributed by atoms with Crippen LogP contribution in [0.15, 0.2) is 53.6 Å². The number of rotatable bonds is 10. The van der Waals surface area contributed by atoms with Crippen LogP contribution in [0.1, 0.15) is 64.4 Å². The van der Waals surface area contributed by atoms with Gasteiger partial charge in [0.2, 0.25) is 11.8 Å². The number of carbonyl (C=O) groups is 2. The third kappa shape index (κ3) is 8.23. The van der Waals surface area contributed by atoms with E-state index in [1.165, 1.54) is 44.0 Å². The fourth-order valence-electron chi connectivity index (χ4n) is 5.40. The first-order chi connectivity index (χ1) is 19.3. The molecule has 0 saturated heterocycles. The number of para-hydroxylation sites is 1. The third-order valence-corrected chi connectivity index (χ3v) is 7.74. The van der Waals surface area contributed by atoms with Crippen molar-refractivity contribution < 1.29 is 19.1 Å². The molecule has 4 rings (SSSR count). The maximum atomic E-state index is 13.4. The van der Waals surface area contributed by atoms with Crippen LogP contribution in [-0.4, -0.2) is 62.9 Å². The number of hydrazone groups is 1. The van der Waals surface area contributed by atoms with Gasteiger partial charge in [0, 0.05) is 51.8 Å². The van der Waals surface area contributed by atoms with Crippen molar-refractivity contribution in [3.8, 4) is 11.5 Å². The summed E-state index contributed by atoms with van der Waals surface area (Å²) in [5.74, 6) is 1.72. The lowest BCUT2D eigenvalue weighted by Crippen LogP contribution is -2.58. The minimum absolute atomic E-state index is 0.215. The van der Waals surface area contributed by atoms with Gasteiger partial charge in [0.05, 0.1) is 14.2 Å². The molecule has 1 fully saturated rings. The Bertz CT molecular complexity index is 1120. The van der Waals surface area contributed by atoms with Crippen molar-refractivity contribution in [3.63, 3.8) is 0 Å². The summed E-state index contributed by atoms with van der Waals surface area (Å²) >= 11 is 0. The van der Waals surface area contributed by atoms with Crippen molar-refractivity contribution in [2.45, 2.75) is 70.8 Å². The number of hydrogen-bond acceptors (Lipinski definition) is 6. The highest BCUT2D eigenvalue weighted by molar-refractivity contribution is 5.95. The fourth-order valence-corrected chi connectivity index (χ4v) is 5.40. The summed E-state index contributed by atoms with van der Waals surface area (Å²) in [7, 11) is 5.17. The molecule has 2 aromatic carbocycles. The van der Waals surface area contributed by atoms with Crippen LogP contribution in [0.2, 0.25) is 0 Å². The minimum Gasteiger partial charge on any atom is -0.493 e. The van der Waals surface area contributed by atoms with Crippen LogP contribution in [0.4, 0.5) is 5.69 Å². The van der Waals surface area contributed by atoms with Gasteiger partial charge in [0.15, 0.2) is 17.0 Å². The second-order valence-electron chi connectivity index (χ2n) is 10.8. The van der Waals surface area contributed by atoms with Crippen LogP contribution in [-0.2, 0) is 16.0 Å². The lowest BCUT2D eigenvalue weighted by atomic mass is 9.86. The molecule has 8 nitrogen and oxygen atoms in total. The molecule has 2 aromatic rings. The zero-order valence-electron chi connectivity index (χ0n) is 24.8. The van der Waals surface area contributed by atoms with E-state index in [1.807, 2.05) is 37.4 Å². The number of ether oxygens (including phenoxy) is 2. The molecule has 40 heavy (non-hydrogen) atoms. The summed E-state index contributed by atoms with van der Waals surface area (Å²) in [5.41, 5.74) is 0.862. The number of carbonyl (C=O) groups excluding carboxylic acids is 2. The molecule has 2 aliphatic rings. The fraction of sp³-hybridized carbons (Fsp3) is 0.531. The van der Waals surface area contributed by atoms with Crippen molar-refractivity contribution in [1.82, 2.24) is 10.3 Å². The quantitative estimate of drug-likeness (QED) is 0.398. The smallest absolute Gasteiger partial charge is 0.248 e. The molecular formula is C32H46N4O4. The van der Waals surface area contributed by atoms with Crippen molar-refractivity contribution in [2.24, 2.45) is 11.0 Å². The summed E-state index contributed by atoms with van der Waals surface area (Å²) in [6, 6.07) is 15.6. The molecule has 1 aliphatic heterocycles. The molecule has 0 spiro atoms. The van der Waals surface area contributed by atoms with Gasteiger partial charge in [-0.3, -0.25) is 9.59 Å². The van der Waals surface area contributed by atoms with Gasteiger partial charge >= 0.3 is 0 Å². The van der Waals surface area contributed by atoms with Gasteiger partial charge in [0.1, 0.15) is 0 Å². The summed E-state index contributed by atoms with van der Waals surface area (Å²) in [6.45, 7) is 5.07. The number of methoxy groups -OCH3 is 2. The number of amides is 2. The Morgan fingerprint density at radius 3 is 2.35 bits per heavy atom. The van der Waals surface area contributed by atoms with E-state index in [-0.39, 0.29) is 11.8 Å². The van der Waals surface area contributed by atoms with E-state index in [4.69, 9.17) is 9.47 Å². The molecule has 1 atom stereocenters. The maximum absolute atomic E-state index is 13.4. The number of anilines is 1. The monoisotopic (exact) mass is 550 g/mol. The zero-order chi connectivity index (χ0) is 29.0. The van der Waals surface area contributed by atoms with Crippen LogP contribution in [0.3, 0.4) is 0 Å². The van der Waals surface area contributed by atoms with Crippen molar-refractivity contribution >= 4 is 23.7 Å². The lowest BCUT2D eigenvalue weighted by molar-refractivity contribution is -0.145. The van der Waals surface area contributed by atoms with Crippen LogP contribution in [0, 0.1) is 5.92 Å². The van der Waals surface area contributed by atoms with Gasteiger partial charge in [-0.05, 0) is 42.2 Å². The Labute approximate surface area is 239 Å². The molecule has 1 saturated carbocycles. The Morgan fingerprint density at radius 1 is 1.05 bits per heavy atom. The standard InChI is InChI=1S/C25H32N4O4.C7H14/c1-19(30)29-25(13-15-27-29,18-20-11-12-22(32-3)23(17-20)33-4)24(31)26-14-8-16-28(2)21-9-6-5-7-10-21;1-7-5-3-2-4-6-7/h5-7,9-12,15,17H,8,13-14,16,18H2,1-4H3,(H,26,31);7H,2-6H2,1H3. The number of benzene rings is 2. The third-order valence-electron chi connectivity index (χ3n) is 7.74. The van der Waals surface area contributed by atoms with Crippen LogP contribution in [0.5, 0.6) is 11.5 Å². The van der Waals surface area contributed by atoms with E-state index in [2.05, 4.69) is 34.4 Å². The molecular weight excluding hydrogens is 504 g/mol.